The molecular weight excluding hydrogens is 412 g/mol. The molecule has 168 valence electrons. The van der Waals surface area contributed by atoms with Crippen molar-refractivity contribution in [2.45, 2.75) is 32.9 Å². The zero-order valence-corrected chi connectivity index (χ0v) is 18.9. The lowest BCUT2D eigenvalue weighted by atomic mass is 9.86. The molecule has 5 rings (SSSR count). The van der Waals surface area contributed by atoms with E-state index in [4.69, 9.17) is 9.47 Å². The van der Waals surface area contributed by atoms with Crippen molar-refractivity contribution in [3.63, 3.8) is 0 Å². The van der Waals surface area contributed by atoms with Gasteiger partial charge in [0.2, 0.25) is 0 Å². The van der Waals surface area contributed by atoms with E-state index >= 15 is 0 Å². The molecule has 2 aliphatic heterocycles. The Labute approximate surface area is 194 Å². The van der Waals surface area contributed by atoms with Gasteiger partial charge in [0.1, 0.15) is 18.1 Å². The molecule has 0 spiro atoms. The molecule has 0 bridgehead atoms. The van der Waals surface area contributed by atoms with E-state index in [0.29, 0.717) is 18.9 Å². The maximum Gasteiger partial charge on any atom is 0.356 e. The third-order valence-corrected chi connectivity index (χ3v) is 6.32. The Bertz CT molecular complexity index is 1140. The van der Waals surface area contributed by atoms with Gasteiger partial charge in [0.25, 0.3) is 0 Å². The Hall–Kier alpha value is -3.44. The van der Waals surface area contributed by atoms with Gasteiger partial charge in [0.05, 0.1) is 12.3 Å². The molecule has 3 aromatic rings. The van der Waals surface area contributed by atoms with Crippen LogP contribution in [0.1, 0.15) is 52.6 Å². The number of nitrogens with zero attached hydrogens (tertiary/aromatic N) is 2. The van der Waals surface area contributed by atoms with E-state index in [1.807, 2.05) is 18.2 Å². The summed E-state index contributed by atoms with van der Waals surface area (Å²) in [6.07, 6.45) is 1.99. The molecule has 3 heterocycles. The Balaban J connectivity index is 1.38. The minimum atomic E-state index is -0.363. The highest BCUT2D eigenvalue weighted by molar-refractivity contribution is 5.87. The largest absolute Gasteiger partial charge is 0.488 e. The summed E-state index contributed by atoms with van der Waals surface area (Å²) in [5.41, 5.74) is 7.80. The van der Waals surface area contributed by atoms with Crippen molar-refractivity contribution in [2.75, 3.05) is 19.7 Å². The number of hydrogen-bond donors (Lipinski definition) is 0. The lowest BCUT2D eigenvalue weighted by Gasteiger charge is -2.30. The van der Waals surface area contributed by atoms with E-state index in [9.17, 15) is 4.79 Å². The van der Waals surface area contributed by atoms with Gasteiger partial charge in [-0.05, 0) is 54.7 Å². The summed E-state index contributed by atoms with van der Waals surface area (Å²) >= 11 is 0. The SMILES string of the molecule is CCOC(=O)c1cccc(CN2CCC(=C3c4ccccc4COc4ccccc43)CC2)n1. The molecule has 2 aliphatic rings. The monoisotopic (exact) mass is 440 g/mol. The third kappa shape index (κ3) is 4.55. The average molecular weight is 441 g/mol. The molecular formula is C28H28N2O3. The zero-order valence-electron chi connectivity index (χ0n) is 18.9. The van der Waals surface area contributed by atoms with Gasteiger partial charge in [-0.25, -0.2) is 9.78 Å². The first-order chi connectivity index (χ1) is 16.2. The molecule has 5 nitrogen and oxygen atoms in total. The Morgan fingerprint density at radius 1 is 0.970 bits per heavy atom. The maximum atomic E-state index is 12.0. The maximum absolute atomic E-state index is 12.0. The van der Waals surface area contributed by atoms with Crippen molar-refractivity contribution in [2.24, 2.45) is 0 Å². The van der Waals surface area contributed by atoms with Crippen LogP contribution in [0, 0.1) is 0 Å². The summed E-state index contributed by atoms with van der Waals surface area (Å²) in [4.78, 5) is 19.0. The number of benzene rings is 2. The molecule has 0 aliphatic carbocycles. The number of ether oxygens (including phenoxy) is 2. The van der Waals surface area contributed by atoms with Crippen LogP contribution in [0.15, 0.2) is 72.3 Å². The quantitative estimate of drug-likeness (QED) is 0.519. The van der Waals surface area contributed by atoms with Crippen LogP contribution in [-0.2, 0) is 17.9 Å². The molecule has 2 aromatic carbocycles. The highest BCUT2D eigenvalue weighted by Gasteiger charge is 2.24. The van der Waals surface area contributed by atoms with Gasteiger partial charge in [-0.15, -0.1) is 0 Å². The first-order valence-electron chi connectivity index (χ1n) is 11.6. The van der Waals surface area contributed by atoms with E-state index in [-0.39, 0.29) is 5.97 Å². The topological polar surface area (TPSA) is 51.7 Å². The molecule has 0 N–H and O–H groups in total. The summed E-state index contributed by atoms with van der Waals surface area (Å²) in [5, 5.41) is 0. The van der Waals surface area contributed by atoms with Crippen LogP contribution in [-0.4, -0.2) is 35.5 Å². The van der Waals surface area contributed by atoms with Crippen molar-refractivity contribution < 1.29 is 14.3 Å². The zero-order chi connectivity index (χ0) is 22.6. The number of hydrogen-bond acceptors (Lipinski definition) is 5. The second-order valence-electron chi connectivity index (χ2n) is 8.43. The van der Waals surface area contributed by atoms with E-state index in [0.717, 1.165) is 43.9 Å². The Morgan fingerprint density at radius 2 is 1.73 bits per heavy atom. The van der Waals surface area contributed by atoms with Gasteiger partial charge < -0.3 is 9.47 Å². The first kappa shape index (κ1) is 21.4. The van der Waals surface area contributed by atoms with Gasteiger partial charge in [0.15, 0.2) is 0 Å². The van der Waals surface area contributed by atoms with Crippen molar-refractivity contribution in [1.29, 1.82) is 0 Å². The highest BCUT2D eigenvalue weighted by Crippen LogP contribution is 2.40. The fourth-order valence-electron chi connectivity index (χ4n) is 4.72. The van der Waals surface area contributed by atoms with Crippen molar-refractivity contribution in [3.05, 3.63) is 100 Å². The number of likely N-dealkylation sites (tertiary alicyclic amines) is 1. The molecule has 0 unspecified atom stereocenters. The van der Waals surface area contributed by atoms with Crippen molar-refractivity contribution in [3.8, 4) is 5.75 Å². The Morgan fingerprint density at radius 3 is 2.55 bits per heavy atom. The van der Waals surface area contributed by atoms with Crippen LogP contribution in [0.2, 0.25) is 0 Å². The number of piperidine rings is 1. The number of esters is 1. The number of carbonyl (C=O) groups is 1. The summed E-state index contributed by atoms with van der Waals surface area (Å²) < 4.78 is 11.2. The first-order valence-corrected chi connectivity index (χ1v) is 11.6. The molecule has 0 atom stereocenters. The molecule has 5 heteroatoms. The molecule has 1 aromatic heterocycles. The Kier molecular flexibility index (Phi) is 6.22. The number of carbonyl (C=O) groups excluding carboxylic acids is 1. The minimum absolute atomic E-state index is 0.353. The molecule has 1 saturated heterocycles. The molecule has 33 heavy (non-hydrogen) atoms. The minimum Gasteiger partial charge on any atom is -0.488 e. The number of pyridine rings is 1. The van der Waals surface area contributed by atoms with Crippen molar-refractivity contribution >= 4 is 11.5 Å². The molecule has 0 saturated carbocycles. The number of aromatic nitrogens is 1. The van der Waals surface area contributed by atoms with Gasteiger partial charge in [-0.3, -0.25) is 4.90 Å². The van der Waals surface area contributed by atoms with E-state index in [1.165, 1.54) is 27.8 Å². The van der Waals surface area contributed by atoms with E-state index in [2.05, 4.69) is 52.3 Å². The molecule has 0 radical (unpaired) electrons. The highest BCUT2D eigenvalue weighted by atomic mass is 16.5. The van der Waals surface area contributed by atoms with Gasteiger partial charge in [0, 0.05) is 25.2 Å². The average Bonchev–Trinajstić information content (AvgIpc) is 3.02. The third-order valence-electron chi connectivity index (χ3n) is 6.32. The second-order valence-corrected chi connectivity index (χ2v) is 8.43. The van der Waals surface area contributed by atoms with Crippen LogP contribution >= 0.6 is 0 Å². The smallest absolute Gasteiger partial charge is 0.356 e. The summed E-state index contributed by atoms with van der Waals surface area (Å²) in [6, 6.07) is 22.5. The van der Waals surface area contributed by atoms with Crippen LogP contribution in [0.25, 0.3) is 5.57 Å². The van der Waals surface area contributed by atoms with Crippen LogP contribution < -0.4 is 4.74 Å². The van der Waals surface area contributed by atoms with E-state index in [1.54, 1.807) is 13.0 Å². The predicted molar refractivity (Wildman–Crippen MR) is 128 cm³/mol. The number of fused-ring (bicyclic) bond motifs is 2. The fraction of sp³-hybridized carbons (Fsp3) is 0.286. The normalized spacial score (nSPS) is 15.8. The fourth-order valence-corrected chi connectivity index (χ4v) is 4.72. The number of rotatable bonds is 4. The lowest BCUT2D eigenvalue weighted by Crippen LogP contribution is -2.31. The second kappa shape index (κ2) is 9.59. The molecule has 0 amide bonds. The molecule has 1 fully saturated rings. The van der Waals surface area contributed by atoms with Gasteiger partial charge in [-0.1, -0.05) is 54.1 Å². The summed E-state index contributed by atoms with van der Waals surface area (Å²) in [6.45, 7) is 5.39. The van der Waals surface area contributed by atoms with E-state index < -0.39 is 0 Å². The van der Waals surface area contributed by atoms with Crippen molar-refractivity contribution in [1.82, 2.24) is 9.88 Å². The van der Waals surface area contributed by atoms with Crippen LogP contribution in [0.5, 0.6) is 5.75 Å². The number of para-hydroxylation sites is 1. The van der Waals surface area contributed by atoms with Gasteiger partial charge in [-0.2, -0.15) is 0 Å². The summed E-state index contributed by atoms with van der Waals surface area (Å²) in [7, 11) is 0. The van der Waals surface area contributed by atoms with Crippen LogP contribution in [0.4, 0.5) is 0 Å². The predicted octanol–water partition coefficient (Wildman–Crippen LogP) is 5.25. The van der Waals surface area contributed by atoms with Gasteiger partial charge >= 0.3 is 5.97 Å². The standard InChI is InChI=1S/C28H28N2O3/c1-2-32-28(31)25-12-7-9-22(29-25)18-30-16-14-20(15-17-30)27-23-10-4-3-8-21(23)19-33-26-13-6-5-11-24(26)27/h3-13H,2,14-19H2,1H3. The summed E-state index contributed by atoms with van der Waals surface area (Å²) in [5.74, 6) is 0.594. The lowest BCUT2D eigenvalue weighted by molar-refractivity contribution is 0.0519. The van der Waals surface area contributed by atoms with Crippen LogP contribution in [0.3, 0.4) is 0 Å².